The van der Waals surface area contributed by atoms with Gasteiger partial charge in [0.2, 0.25) is 5.89 Å². The fraction of sp³-hybridized carbons (Fsp3) is 0.444. The van der Waals surface area contributed by atoms with E-state index in [4.69, 9.17) is 14.2 Å². The molecule has 2 heterocycles. The molecule has 1 N–H and O–H groups in total. The highest BCUT2D eigenvalue weighted by molar-refractivity contribution is 5.89. The number of esters is 1. The largest absolute Gasteiger partial charge is 0.465 e. The first-order valence-electron chi connectivity index (χ1n) is 12.2. The minimum Gasteiger partial charge on any atom is -0.465 e. The number of aromatic nitrogens is 2. The van der Waals surface area contributed by atoms with Gasteiger partial charge in [-0.25, -0.2) is 4.79 Å². The predicted molar refractivity (Wildman–Crippen MR) is 127 cm³/mol. The summed E-state index contributed by atoms with van der Waals surface area (Å²) in [6.45, 7) is 3.59. The van der Waals surface area contributed by atoms with Gasteiger partial charge in [-0.3, -0.25) is 4.90 Å². The number of carbonyl (C=O) groups is 1. The molecule has 0 bridgehead atoms. The van der Waals surface area contributed by atoms with Crippen molar-refractivity contribution in [3.8, 4) is 0 Å². The first kappa shape index (κ1) is 21.5. The Morgan fingerprint density at radius 1 is 1.15 bits per heavy atom. The molecule has 2 aliphatic carbocycles. The van der Waals surface area contributed by atoms with E-state index in [0.717, 1.165) is 50.7 Å². The highest BCUT2D eigenvalue weighted by Gasteiger charge is 2.50. The zero-order valence-electron chi connectivity index (χ0n) is 19.4. The molecular formula is C27H30N4O3. The van der Waals surface area contributed by atoms with E-state index in [1.165, 1.54) is 24.7 Å². The SMILES string of the molecule is COC(=O)c1ccc(CN2CC(c3nc(C4(CN[C@H]5C[C@@H]5c5ccccc5)CC4)no3)C2)cc1. The molecule has 0 radical (unpaired) electrons. The van der Waals surface area contributed by atoms with E-state index in [1.807, 2.05) is 24.3 Å². The highest BCUT2D eigenvalue weighted by atomic mass is 16.5. The standard InChI is InChI=1S/C27H30N4O3/c1-33-25(32)20-9-7-18(8-10-20)14-31-15-21(16-31)24-29-26(30-34-24)27(11-12-27)17-28-23-13-22(23)19-5-3-2-4-6-19/h2-10,21-23,28H,11-17H2,1H3/t22-,23+/m1/s1. The molecular weight excluding hydrogens is 428 g/mol. The van der Waals surface area contributed by atoms with Crippen molar-refractivity contribution in [1.82, 2.24) is 20.4 Å². The molecule has 7 heteroatoms. The highest BCUT2D eigenvalue weighted by Crippen LogP contribution is 2.48. The van der Waals surface area contributed by atoms with E-state index < -0.39 is 0 Å². The van der Waals surface area contributed by atoms with Crippen LogP contribution in [-0.4, -0.2) is 53.8 Å². The summed E-state index contributed by atoms with van der Waals surface area (Å²) in [6, 6.07) is 18.9. The molecule has 2 aromatic carbocycles. The summed E-state index contributed by atoms with van der Waals surface area (Å²) in [4.78, 5) is 18.8. The van der Waals surface area contributed by atoms with Gasteiger partial charge < -0.3 is 14.6 Å². The van der Waals surface area contributed by atoms with Gasteiger partial charge in [-0.1, -0.05) is 47.6 Å². The van der Waals surface area contributed by atoms with Gasteiger partial charge in [0.05, 0.1) is 18.6 Å². The molecule has 0 unspecified atom stereocenters. The van der Waals surface area contributed by atoms with Crippen LogP contribution in [0.1, 0.15) is 64.3 Å². The van der Waals surface area contributed by atoms with Crippen molar-refractivity contribution in [2.75, 3.05) is 26.7 Å². The molecule has 34 heavy (non-hydrogen) atoms. The van der Waals surface area contributed by atoms with Gasteiger partial charge in [0.1, 0.15) is 0 Å². The van der Waals surface area contributed by atoms with Gasteiger partial charge in [0, 0.05) is 43.6 Å². The van der Waals surface area contributed by atoms with Crippen molar-refractivity contribution in [1.29, 1.82) is 0 Å². The van der Waals surface area contributed by atoms with Crippen molar-refractivity contribution in [2.24, 2.45) is 0 Å². The maximum absolute atomic E-state index is 11.6. The first-order valence-corrected chi connectivity index (χ1v) is 12.2. The predicted octanol–water partition coefficient (Wildman–Crippen LogP) is 3.63. The van der Waals surface area contributed by atoms with Crippen molar-refractivity contribution >= 4 is 5.97 Å². The van der Waals surface area contributed by atoms with Crippen LogP contribution in [0.15, 0.2) is 59.1 Å². The third-order valence-corrected chi connectivity index (χ3v) is 7.58. The number of hydrogen-bond donors (Lipinski definition) is 1. The van der Waals surface area contributed by atoms with Gasteiger partial charge in [-0.15, -0.1) is 0 Å². The van der Waals surface area contributed by atoms with Crippen LogP contribution < -0.4 is 5.32 Å². The maximum atomic E-state index is 11.6. The van der Waals surface area contributed by atoms with Crippen molar-refractivity contribution in [3.63, 3.8) is 0 Å². The van der Waals surface area contributed by atoms with Crippen LogP contribution in [0.3, 0.4) is 0 Å². The van der Waals surface area contributed by atoms with Crippen LogP contribution in [0.5, 0.6) is 0 Å². The van der Waals surface area contributed by atoms with Gasteiger partial charge in [-0.05, 0) is 42.5 Å². The molecule has 1 saturated heterocycles. The second kappa shape index (κ2) is 8.64. The van der Waals surface area contributed by atoms with Crippen molar-refractivity contribution in [3.05, 3.63) is 83.0 Å². The third-order valence-electron chi connectivity index (χ3n) is 7.58. The van der Waals surface area contributed by atoms with Crippen molar-refractivity contribution in [2.45, 2.75) is 49.1 Å². The van der Waals surface area contributed by atoms with Crippen LogP contribution in [0.25, 0.3) is 0 Å². The Labute approximate surface area is 199 Å². The lowest BCUT2D eigenvalue weighted by molar-refractivity contribution is 0.0600. The van der Waals surface area contributed by atoms with Gasteiger partial charge in [0.15, 0.2) is 5.82 Å². The topological polar surface area (TPSA) is 80.5 Å². The number of likely N-dealkylation sites (tertiary alicyclic amines) is 1. The molecule has 2 atom stereocenters. The summed E-state index contributed by atoms with van der Waals surface area (Å²) >= 11 is 0. The Morgan fingerprint density at radius 2 is 1.91 bits per heavy atom. The van der Waals surface area contributed by atoms with Crippen molar-refractivity contribution < 1.29 is 14.1 Å². The number of nitrogens with zero attached hydrogens (tertiary/aromatic N) is 3. The van der Waals surface area contributed by atoms with E-state index in [2.05, 4.69) is 45.7 Å². The monoisotopic (exact) mass is 458 g/mol. The number of ether oxygens (including phenoxy) is 1. The Hall–Kier alpha value is -3.03. The Balaban J connectivity index is 0.989. The number of carbonyl (C=O) groups excluding carboxylic acids is 1. The van der Waals surface area contributed by atoms with Crippen LogP contribution in [0.2, 0.25) is 0 Å². The Bertz CT molecular complexity index is 1150. The minimum atomic E-state index is -0.306. The fourth-order valence-electron chi connectivity index (χ4n) is 5.04. The normalized spacial score (nSPS) is 23.3. The number of benzene rings is 2. The second-order valence-corrected chi connectivity index (χ2v) is 10.1. The molecule has 1 aliphatic heterocycles. The molecule has 0 spiro atoms. The number of hydrogen-bond acceptors (Lipinski definition) is 7. The molecule has 2 saturated carbocycles. The quantitative estimate of drug-likeness (QED) is 0.491. The van der Waals surface area contributed by atoms with E-state index in [9.17, 15) is 4.79 Å². The second-order valence-electron chi connectivity index (χ2n) is 10.1. The number of nitrogens with one attached hydrogen (secondary N) is 1. The molecule has 1 aromatic heterocycles. The lowest BCUT2D eigenvalue weighted by atomic mass is 9.98. The van der Waals surface area contributed by atoms with E-state index >= 15 is 0 Å². The minimum absolute atomic E-state index is 0.0520. The average molecular weight is 459 g/mol. The summed E-state index contributed by atoms with van der Waals surface area (Å²) in [7, 11) is 1.40. The molecule has 3 aliphatic rings. The Morgan fingerprint density at radius 3 is 2.62 bits per heavy atom. The van der Waals surface area contributed by atoms with Crippen LogP contribution >= 0.6 is 0 Å². The summed E-state index contributed by atoms with van der Waals surface area (Å²) < 4.78 is 10.5. The van der Waals surface area contributed by atoms with Gasteiger partial charge >= 0.3 is 5.97 Å². The first-order chi connectivity index (χ1) is 16.6. The lowest BCUT2D eigenvalue weighted by Crippen LogP contribution is -2.44. The maximum Gasteiger partial charge on any atom is 0.337 e. The van der Waals surface area contributed by atoms with Crippen LogP contribution in [0.4, 0.5) is 0 Å². The number of methoxy groups -OCH3 is 1. The third kappa shape index (κ3) is 4.26. The smallest absolute Gasteiger partial charge is 0.337 e. The summed E-state index contributed by atoms with van der Waals surface area (Å²) in [5.41, 5.74) is 3.23. The molecule has 3 fully saturated rings. The van der Waals surface area contributed by atoms with E-state index in [0.29, 0.717) is 23.4 Å². The molecule has 176 valence electrons. The Kier molecular flexibility index (Phi) is 5.46. The molecule has 6 rings (SSSR count). The summed E-state index contributed by atoms with van der Waals surface area (Å²) in [5, 5.41) is 8.15. The zero-order chi connectivity index (χ0) is 23.1. The zero-order valence-corrected chi connectivity index (χ0v) is 19.4. The van der Waals surface area contributed by atoms with E-state index in [-0.39, 0.29) is 11.4 Å². The molecule has 7 nitrogen and oxygen atoms in total. The van der Waals surface area contributed by atoms with Crippen LogP contribution in [-0.2, 0) is 16.7 Å². The fourth-order valence-corrected chi connectivity index (χ4v) is 5.04. The van der Waals surface area contributed by atoms with E-state index in [1.54, 1.807) is 0 Å². The van der Waals surface area contributed by atoms with Gasteiger partial charge in [-0.2, -0.15) is 4.98 Å². The molecule has 3 aromatic rings. The average Bonchev–Trinajstić information content (AvgIpc) is 3.77. The summed E-state index contributed by atoms with van der Waals surface area (Å²) in [6.07, 6.45) is 3.46. The lowest BCUT2D eigenvalue weighted by Gasteiger charge is -2.37. The molecule has 0 amide bonds. The van der Waals surface area contributed by atoms with Crippen LogP contribution in [0, 0.1) is 0 Å². The van der Waals surface area contributed by atoms with Gasteiger partial charge in [0.25, 0.3) is 0 Å². The number of rotatable bonds is 9. The summed E-state index contributed by atoms with van der Waals surface area (Å²) in [5.74, 6) is 2.27.